The van der Waals surface area contributed by atoms with E-state index in [0.717, 1.165) is 5.56 Å². The van der Waals surface area contributed by atoms with E-state index in [9.17, 15) is 14.4 Å². The van der Waals surface area contributed by atoms with Gasteiger partial charge in [-0.2, -0.15) is 4.80 Å². The van der Waals surface area contributed by atoms with Crippen molar-refractivity contribution in [3.8, 4) is 0 Å². The zero-order chi connectivity index (χ0) is 21.5. The number of ether oxygens (including phenoxy) is 1. The van der Waals surface area contributed by atoms with Crippen LogP contribution in [0.15, 0.2) is 36.7 Å². The highest BCUT2D eigenvalue weighted by Gasteiger charge is 2.37. The minimum absolute atomic E-state index is 0.0867. The Kier molecular flexibility index (Phi) is 7.10. The van der Waals surface area contributed by atoms with Crippen molar-refractivity contribution in [2.75, 3.05) is 6.54 Å². The predicted molar refractivity (Wildman–Crippen MR) is 106 cm³/mol. The van der Waals surface area contributed by atoms with Crippen LogP contribution in [0, 0.1) is 5.92 Å². The van der Waals surface area contributed by atoms with Crippen LogP contribution in [-0.2, 0) is 27.5 Å². The molecule has 1 fully saturated rings. The molecule has 0 spiro atoms. The van der Waals surface area contributed by atoms with Crippen molar-refractivity contribution in [2.45, 2.75) is 51.9 Å². The lowest BCUT2D eigenvalue weighted by Crippen LogP contribution is -2.53. The van der Waals surface area contributed by atoms with Gasteiger partial charge in [-0.1, -0.05) is 44.2 Å². The Balaban J connectivity index is 1.59. The molecule has 1 aromatic carbocycles. The fourth-order valence-electron chi connectivity index (χ4n) is 3.43. The summed E-state index contributed by atoms with van der Waals surface area (Å²) < 4.78 is 5.38. The summed E-state index contributed by atoms with van der Waals surface area (Å²) in [6, 6.07) is 7.98. The van der Waals surface area contributed by atoms with E-state index in [2.05, 4.69) is 20.7 Å². The standard InChI is InChI=1S/C20H26N6O4/c1-14(2)18(17(27)11-26-22-13-21-24-26)23-19(28)16-9-6-10-25(16)20(29)30-12-15-7-4-3-5-8-15/h3-5,7-8,13-14,16,18H,6,9-12H2,1-2H3,(H,23,28)/t16-,18?/m0/s1. The maximum atomic E-state index is 12.9. The zero-order valence-corrected chi connectivity index (χ0v) is 17.1. The molecule has 0 aliphatic carbocycles. The van der Waals surface area contributed by atoms with Gasteiger partial charge in [-0.15, -0.1) is 10.2 Å². The highest BCUT2D eigenvalue weighted by atomic mass is 16.6. The van der Waals surface area contributed by atoms with Crippen LogP contribution in [0.25, 0.3) is 0 Å². The first-order valence-electron chi connectivity index (χ1n) is 9.97. The number of nitrogens with one attached hydrogen (secondary N) is 1. The molecule has 10 nitrogen and oxygen atoms in total. The van der Waals surface area contributed by atoms with Gasteiger partial charge in [0, 0.05) is 6.54 Å². The Hall–Kier alpha value is -3.30. The van der Waals surface area contributed by atoms with E-state index in [1.165, 1.54) is 16.0 Å². The zero-order valence-electron chi connectivity index (χ0n) is 17.1. The minimum atomic E-state index is -0.716. The number of carbonyl (C=O) groups is 3. The Morgan fingerprint density at radius 1 is 1.23 bits per heavy atom. The van der Waals surface area contributed by atoms with Crippen molar-refractivity contribution < 1.29 is 19.1 Å². The topological polar surface area (TPSA) is 119 Å². The maximum Gasteiger partial charge on any atom is 0.410 e. The largest absolute Gasteiger partial charge is 0.445 e. The number of nitrogens with zero attached hydrogens (tertiary/aromatic N) is 5. The molecule has 3 rings (SSSR count). The average molecular weight is 414 g/mol. The number of Topliss-reactive ketones (excluding diaryl/α,β-unsaturated/α-hetero) is 1. The van der Waals surface area contributed by atoms with Gasteiger partial charge in [-0.3, -0.25) is 14.5 Å². The van der Waals surface area contributed by atoms with Gasteiger partial charge in [0.2, 0.25) is 5.91 Å². The summed E-state index contributed by atoms with van der Waals surface area (Å²) in [5, 5.41) is 13.9. The molecule has 1 N–H and O–H groups in total. The number of hydrogen-bond donors (Lipinski definition) is 1. The lowest BCUT2D eigenvalue weighted by atomic mass is 9.99. The molecule has 0 radical (unpaired) electrons. The van der Waals surface area contributed by atoms with E-state index >= 15 is 0 Å². The summed E-state index contributed by atoms with van der Waals surface area (Å²) in [5.41, 5.74) is 0.873. The van der Waals surface area contributed by atoms with Gasteiger partial charge >= 0.3 is 6.09 Å². The third kappa shape index (κ3) is 5.40. The van der Waals surface area contributed by atoms with Crippen LogP contribution in [0.3, 0.4) is 0 Å². The second-order valence-corrected chi connectivity index (χ2v) is 7.55. The molecule has 2 amide bonds. The second-order valence-electron chi connectivity index (χ2n) is 7.55. The molecule has 0 saturated carbocycles. The van der Waals surface area contributed by atoms with Gasteiger partial charge in [-0.25, -0.2) is 4.79 Å². The first kappa shape index (κ1) is 21.4. The Bertz CT molecular complexity index is 855. The molecular formula is C20H26N6O4. The van der Waals surface area contributed by atoms with Crippen LogP contribution in [0.4, 0.5) is 4.79 Å². The number of tetrazole rings is 1. The molecule has 10 heteroatoms. The van der Waals surface area contributed by atoms with Crippen LogP contribution in [0.2, 0.25) is 0 Å². The first-order chi connectivity index (χ1) is 14.5. The van der Waals surface area contributed by atoms with Gasteiger partial charge in [-0.05, 0) is 29.5 Å². The lowest BCUT2D eigenvalue weighted by molar-refractivity contribution is -0.131. The van der Waals surface area contributed by atoms with E-state index in [0.29, 0.717) is 19.4 Å². The van der Waals surface area contributed by atoms with Gasteiger partial charge in [0.15, 0.2) is 12.1 Å². The number of rotatable bonds is 8. The second kappa shape index (κ2) is 9.95. The van der Waals surface area contributed by atoms with Crippen LogP contribution >= 0.6 is 0 Å². The third-order valence-electron chi connectivity index (χ3n) is 5.00. The summed E-state index contributed by atoms with van der Waals surface area (Å²) in [6.45, 7) is 4.18. The van der Waals surface area contributed by atoms with Crippen LogP contribution in [0.5, 0.6) is 0 Å². The van der Waals surface area contributed by atoms with Crippen LogP contribution < -0.4 is 5.32 Å². The number of benzene rings is 1. The first-order valence-corrected chi connectivity index (χ1v) is 9.97. The van der Waals surface area contributed by atoms with E-state index in [1.54, 1.807) is 0 Å². The number of amides is 2. The summed E-state index contributed by atoms with van der Waals surface area (Å²) in [4.78, 5) is 40.7. The Morgan fingerprint density at radius 3 is 2.67 bits per heavy atom. The summed E-state index contributed by atoms with van der Waals surface area (Å²) in [7, 11) is 0. The summed E-state index contributed by atoms with van der Waals surface area (Å²) in [5.74, 6) is -0.722. The normalized spacial score (nSPS) is 17.0. The lowest BCUT2D eigenvalue weighted by Gasteiger charge is -2.27. The molecule has 2 aromatic rings. The molecule has 1 saturated heterocycles. The predicted octanol–water partition coefficient (Wildman–Crippen LogP) is 1.18. The van der Waals surface area contributed by atoms with E-state index in [-0.39, 0.29) is 30.8 Å². The molecule has 1 aliphatic rings. The van der Waals surface area contributed by atoms with Crippen molar-refractivity contribution in [3.05, 3.63) is 42.2 Å². The van der Waals surface area contributed by atoms with E-state index < -0.39 is 18.2 Å². The molecule has 1 aliphatic heterocycles. The fourth-order valence-corrected chi connectivity index (χ4v) is 3.43. The smallest absolute Gasteiger partial charge is 0.410 e. The highest BCUT2D eigenvalue weighted by Crippen LogP contribution is 2.20. The van der Waals surface area contributed by atoms with Gasteiger partial charge < -0.3 is 10.1 Å². The summed E-state index contributed by atoms with van der Waals surface area (Å²) in [6.07, 6.45) is 1.93. The molecule has 160 valence electrons. The highest BCUT2D eigenvalue weighted by molar-refractivity contribution is 5.92. The molecule has 2 atom stereocenters. The third-order valence-corrected chi connectivity index (χ3v) is 5.00. The van der Waals surface area contributed by atoms with Crippen molar-refractivity contribution in [1.29, 1.82) is 0 Å². The fraction of sp³-hybridized carbons (Fsp3) is 0.500. The molecule has 30 heavy (non-hydrogen) atoms. The van der Waals surface area contributed by atoms with Crippen molar-refractivity contribution in [2.24, 2.45) is 5.92 Å². The van der Waals surface area contributed by atoms with Crippen molar-refractivity contribution in [3.63, 3.8) is 0 Å². The quantitative estimate of drug-likeness (QED) is 0.689. The number of hydrogen-bond acceptors (Lipinski definition) is 7. The molecule has 1 unspecified atom stereocenters. The van der Waals surface area contributed by atoms with E-state index in [1.807, 2.05) is 44.2 Å². The van der Waals surface area contributed by atoms with Crippen LogP contribution in [0.1, 0.15) is 32.3 Å². The van der Waals surface area contributed by atoms with Crippen molar-refractivity contribution >= 4 is 17.8 Å². The van der Waals surface area contributed by atoms with Gasteiger partial charge in [0.05, 0.1) is 6.04 Å². The number of ketones is 1. The SMILES string of the molecule is CC(C)C(NC(=O)[C@@H]1CCCN1C(=O)OCc1ccccc1)C(=O)Cn1ncnn1. The maximum absolute atomic E-state index is 12.9. The molecule has 0 bridgehead atoms. The average Bonchev–Trinajstić information content (AvgIpc) is 3.42. The Morgan fingerprint density at radius 2 is 2.00 bits per heavy atom. The molecular weight excluding hydrogens is 388 g/mol. The van der Waals surface area contributed by atoms with E-state index in [4.69, 9.17) is 4.74 Å². The molecule has 1 aromatic heterocycles. The summed E-state index contributed by atoms with van der Waals surface area (Å²) >= 11 is 0. The van der Waals surface area contributed by atoms with Gasteiger partial charge in [0.1, 0.15) is 19.2 Å². The molecule has 2 heterocycles. The Labute approximate surface area is 174 Å². The van der Waals surface area contributed by atoms with Crippen molar-refractivity contribution in [1.82, 2.24) is 30.4 Å². The van der Waals surface area contributed by atoms with Crippen LogP contribution in [-0.4, -0.2) is 61.5 Å². The number of carbonyl (C=O) groups excluding carboxylic acids is 3. The number of likely N-dealkylation sites (tertiary alicyclic amines) is 1. The monoisotopic (exact) mass is 414 g/mol. The van der Waals surface area contributed by atoms with Gasteiger partial charge in [0.25, 0.3) is 0 Å². The number of aromatic nitrogens is 4. The minimum Gasteiger partial charge on any atom is -0.445 e.